The van der Waals surface area contributed by atoms with Crippen molar-refractivity contribution < 1.29 is 22.7 Å². The molecule has 0 atom stereocenters. The fourth-order valence-corrected chi connectivity index (χ4v) is 3.32. The summed E-state index contributed by atoms with van der Waals surface area (Å²) in [7, 11) is -0.705. The van der Waals surface area contributed by atoms with Crippen molar-refractivity contribution in [2.45, 2.75) is 24.7 Å². The monoisotopic (exact) mass is 389 g/mol. The van der Waals surface area contributed by atoms with Gasteiger partial charge in [0.2, 0.25) is 10.0 Å². The number of rotatable bonds is 8. The molecule has 0 aromatic heterocycles. The van der Waals surface area contributed by atoms with E-state index in [1.165, 1.54) is 38.4 Å². The average molecular weight is 389 g/mol. The molecule has 0 fully saturated rings. The molecule has 0 aliphatic carbocycles. The lowest BCUT2D eigenvalue weighted by molar-refractivity contribution is 0.0474. The second kappa shape index (κ2) is 8.92. The standard InChI is InChI=1S/C20H23NO5S/c1-4-5-15-6-8-16(9-7-15)19(22)14-26-20(23)17-10-12-18(13-11-17)27(24,25)21(2)3/h6-13H,4-5,14H2,1-3H3. The lowest BCUT2D eigenvalue weighted by atomic mass is 10.1. The number of esters is 1. The van der Waals surface area contributed by atoms with Crippen LogP contribution in [0.2, 0.25) is 0 Å². The number of hydrogen-bond acceptors (Lipinski definition) is 5. The van der Waals surface area contributed by atoms with Gasteiger partial charge in [0, 0.05) is 19.7 Å². The van der Waals surface area contributed by atoms with Crippen molar-refractivity contribution in [3.05, 3.63) is 65.2 Å². The molecular weight excluding hydrogens is 366 g/mol. The first-order valence-electron chi connectivity index (χ1n) is 8.57. The zero-order valence-corrected chi connectivity index (χ0v) is 16.5. The van der Waals surface area contributed by atoms with Gasteiger partial charge in [-0.3, -0.25) is 4.79 Å². The number of aryl methyl sites for hydroxylation is 1. The zero-order valence-electron chi connectivity index (χ0n) is 15.6. The second-order valence-corrected chi connectivity index (χ2v) is 8.41. The maximum Gasteiger partial charge on any atom is 0.338 e. The van der Waals surface area contributed by atoms with Crippen LogP contribution < -0.4 is 0 Å². The van der Waals surface area contributed by atoms with Crippen molar-refractivity contribution in [3.8, 4) is 0 Å². The van der Waals surface area contributed by atoms with E-state index in [1.54, 1.807) is 12.1 Å². The summed E-state index contributed by atoms with van der Waals surface area (Å²) in [5, 5.41) is 0. The summed E-state index contributed by atoms with van der Waals surface area (Å²) < 4.78 is 30.2. The van der Waals surface area contributed by atoms with Crippen LogP contribution in [0, 0.1) is 0 Å². The van der Waals surface area contributed by atoms with E-state index in [9.17, 15) is 18.0 Å². The minimum Gasteiger partial charge on any atom is -0.454 e. The highest BCUT2D eigenvalue weighted by Crippen LogP contribution is 2.15. The minimum absolute atomic E-state index is 0.0762. The van der Waals surface area contributed by atoms with Crippen LogP contribution >= 0.6 is 0 Å². The average Bonchev–Trinajstić information content (AvgIpc) is 2.66. The largest absolute Gasteiger partial charge is 0.454 e. The lowest BCUT2D eigenvalue weighted by Crippen LogP contribution is -2.22. The fraction of sp³-hybridized carbons (Fsp3) is 0.300. The summed E-state index contributed by atoms with van der Waals surface area (Å²) in [6, 6.07) is 12.6. The molecular formula is C20H23NO5S. The summed E-state index contributed by atoms with van der Waals surface area (Å²) in [6.45, 7) is 1.71. The Balaban J connectivity index is 1.98. The first-order valence-corrected chi connectivity index (χ1v) is 10.0. The Kier molecular flexibility index (Phi) is 6.87. The molecule has 0 bridgehead atoms. The van der Waals surface area contributed by atoms with Gasteiger partial charge in [-0.15, -0.1) is 0 Å². The smallest absolute Gasteiger partial charge is 0.338 e. The van der Waals surface area contributed by atoms with E-state index in [4.69, 9.17) is 4.74 Å². The summed E-state index contributed by atoms with van der Waals surface area (Å²) in [4.78, 5) is 24.3. The molecule has 0 N–H and O–H groups in total. The molecule has 0 aliphatic heterocycles. The van der Waals surface area contributed by atoms with Gasteiger partial charge in [0.15, 0.2) is 12.4 Å². The van der Waals surface area contributed by atoms with Crippen LogP contribution in [0.5, 0.6) is 0 Å². The van der Waals surface area contributed by atoms with Gasteiger partial charge < -0.3 is 4.74 Å². The zero-order chi connectivity index (χ0) is 20.0. The number of ether oxygens (including phenoxy) is 1. The Morgan fingerprint density at radius 1 is 0.926 bits per heavy atom. The Bertz CT molecular complexity index is 900. The van der Waals surface area contributed by atoms with E-state index in [0.29, 0.717) is 5.56 Å². The molecule has 0 spiro atoms. The molecule has 0 unspecified atom stereocenters. The molecule has 2 rings (SSSR count). The molecule has 0 aliphatic rings. The Morgan fingerprint density at radius 2 is 1.48 bits per heavy atom. The van der Waals surface area contributed by atoms with Crippen LogP contribution in [0.4, 0.5) is 0 Å². The number of carbonyl (C=O) groups excluding carboxylic acids is 2. The van der Waals surface area contributed by atoms with Crippen LogP contribution in [0.25, 0.3) is 0 Å². The van der Waals surface area contributed by atoms with Crippen LogP contribution in [-0.4, -0.2) is 45.2 Å². The van der Waals surface area contributed by atoms with Crippen molar-refractivity contribution >= 4 is 21.8 Å². The Hall–Kier alpha value is -2.51. The van der Waals surface area contributed by atoms with E-state index >= 15 is 0 Å². The molecule has 27 heavy (non-hydrogen) atoms. The van der Waals surface area contributed by atoms with E-state index in [2.05, 4.69) is 6.92 Å². The Morgan fingerprint density at radius 3 is 2.00 bits per heavy atom. The molecule has 0 heterocycles. The predicted octanol–water partition coefficient (Wildman–Crippen LogP) is 2.93. The van der Waals surface area contributed by atoms with Gasteiger partial charge in [-0.05, 0) is 36.2 Å². The number of hydrogen-bond donors (Lipinski definition) is 0. The van der Waals surface area contributed by atoms with E-state index in [-0.39, 0.29) is 22.8 Å². The first kappa shape index (κ1) is 20.8. The van der Waals surface area contributed by atoms with Gasteiger partial charge in [0.05, 0.1) is 10.5 Å². The number of ketones is 1. The number of carbonyl (C=O) groups is 2. The van der Waals surface area contributed by atoms with Gasteiger partial charge in [-0.25, -0.2) is 17.5 Å². The van der Waals surface area contributed by atoms with Crippen molar-refractivity contribution in [2.24, 2.45) is 0 Å². The number of sulfonamides is 1. The molecule has 0 radical (unpaired) electrons. The van der Waals surface area contributed by atoms with Crippen molar-refractivity contribution in [2.75, 3.05) is 20.7 Å². The summed E-state index contributed by atoms with van der Waals surface area (Å²) in [6.07, 6.45) is 1.97. The van der Waals surface area contributed by atoms with Crippen LogP contribution in [0.1, 0.15) is 39.6 Å². The third-order valence-corrected chi connectivity index (χ3v) is 5.85. The third-order valence-electron chi connectivity index (χ3n) is 4.02. The predicted molar refractivity (Wildman–Crippen MR) is 102 cm³/mol. The quantitative estimate of drug-likeness (QED) is 0.512. The highest BCUT2D eigenvalue weighted by molar-refractivity contribution is 7.89. The van der Waals surface area contributed by atoms with Gasteiger partial charge in [0.1, 0.15) is 0 Å². The topological polar surface area (TPSA) is 80.8 Å². The van der Waals surface area contributed by atoms with Crippen LogP contribution in [-0.2, 0) is 21.2 Å². The SMILES string of the molecule is CCCc1ccc(C(=O)COC(=O)c2ccc(S(=O)(=O)N(C)C)cc2)cc1. The molecule has 0 saturated heterocycles. The van der Waals surface area contributed by atoms with Gasteiger partial charge in [-0.2, -0.15) is 0 Å². The molecule has 2 aromatic rings. The highest BCUT2D eigenvalue weighted by atomic mass is 32.2. The second-order valence-electron chi connectivity index (χ2n) is 6.26. The Labute approximate surface area is 159 Å². The molecule has 2 aromatic carbocycles. The number of Topliss-reactive ketones (excluding diaryl/α,β-unsaturated/α-hetero) is 1. The number of benzene rings is 2. The molecule has 6 nitrogen and oxygen atoms in total. The minimum atomic E-state index is -3.56. The van der Waals surface area contributed by atoms with Gasteiger partial charge in [-0.1, -0.05) is 37.6 Å². The maximum absolute atomic E-state index is 12.1. The van der Waals surface area contributed by atoms with Crippen LogP contribution in [0.15, 0.2) is 53.4 Å². The molecule has 144 valence electrons. The van der Waals surface area contributed by atoms with Crippen LogP contribution in [0.3, 0.4) is 0 Å². The van der Waals surface area contributed by atoms with Gasteiger partial charge in [0.25, 0.3) is 0 Å². The van der Waals surface area contributed by atoms with Crippen molar-refractivity contribution in [3.63, 3.8) is 0 Å². The molecule has 0 amide bonds. The molecule has 0 saturated carbocycles. The highest BCUT2D eigenvalue weighted by Gasteiger charge is 2.18. The number of nitrogens with zero attached hydrogens (tertiary/aromatic N) is 1. The summed E-state index contributed by atoms with van der Waals surface area (Å²) >= 11 is 0. The summed E-state index contributed by atoms with van der Waals surface area (Å²) in [5.74, 6) is -0.974. The normalized spacial score (nSPS) is 11.4. The molecule has 7 heteroatoms. The summed E-state index contributed by atoms with van der Waals surface area (Å²) in [5.41, 5.74) is 1.81. The van der Waals surface area contributed by atoms with E-state index in [1.807, 2.05) is 12.1 Å². The first-order chi connectivity index (χ1) is 12.8. The maximum atomic E-state index is 12.1. The van der Waals surface area contributed by atoms with Crippen molar-refractivity contribution in [1.29, 1.82) is 0 Å². The van der Waals surface area contributed by atoms with E-state index in [0.717, 1.165) is 22.7 Å². The van der Waals surface area contributed by atoms with E-state index < -0.39 is 16.0 Å². The van der Waals surface area contributed by atoms with Crippen molar-refractivity contribution in [1.82, 2.24) is 4.31 Å². The third kappa shape index (κ3) is 5.24. The fourth-order valence-electron chi connectivity index (χ4n) is 2.42. The lowest BCUT2D eigenvalue weighted by Gasteiger charge is -2.11. The van der Waals surface area contributed by atoms with Gasteiger partial charge >= 0.3 is 5.97 Å².